The zero-order chi connectivity index (χ0) is 22.4. The number of benzene rings is 2. The van der Waals surface area contributed by atoms with Gasteiger partial charge in [-0.25, -0.2) is 9.78 Å². The second kappa shape index (κ2) is 7.45. The maximum atomic E-state index is 13.2. The van der Waals surface area contributed by atoms with Crippen LogP contribution in [0.1, 0.15) is 16.8 Å². The van der Waals surface area contributed by atoms with Crippen molar-refractivity contribution in [1.82, 2.24) is 14.8 Å². The maximum Gasteiger partial charge on any atom is 0.331 e. The molecule has 0 radical (unpaired) electrons. The average Bonchev–Trinajstić information content (AvgIpc) is 3.28. The molecule has 0 spiro atoms. The molecule has 2 aliphatic rings. The van der Waals surface area contributed by atoms with Crippen molar-refractivity contribution < 1.29 is 23.9 Å². The normalized spacial score (nSPS) is 16.9. The maximum absolute atomic E-state index is 13.2. The molecular formula is C23H18N4O5. The Balaban J connectivity index is 1.60. The van der Waals surface area contributed by atoms with E-state index in [1.807, 2.05) is 30.3 Å². The van der Waals surface area contributed by atoms with Gasteiger partial charge in [-0.15, -0.1) is 0 Å². The highest BCUT2D eigenvalue weighted by atomic mass is 16.7. The molecular weight excluding hydrogens is 412 g/mol. The Morgan fingerprint density at radius 2 is 1.78 bits per heavy atom. The highest BCUT2D eigenvalue weighted by Crippen LogP contribution is 2.36. The number of aromatic nitrogens is 1. The number of pyridine rings is 1. The number of nitrogens with zero attached hydrogens (tertiary/aromatic N) is 4. The van der Waals surface area contributed by atoms with Crippen molar-refractivity contribution in [2.75, 3.05) is 20.9 Å². The number of rotatable bonds is 2. The number of aliphatic imine (C=N–C) groups is 1. The van der Waals surface area contributed by atoms with Crippen molar-refractivity contribution in [2.24, 2.45) is 4.99 Å². The van der Waals surface area contributed by atoms with Crippen LogP contribution in [0.5, 0.6) is 11.5 Å². The molecule has 2 aliphatic heterocycles. The molecule has 0 N–H and O–H groups in total. The number of ether oxygens (including phenoxy) is 2. The van der Waals surface area contributed by atoms with E-state index >= 15 is 0 Å². The summed E-state index contributed by atoms with van der Waals surface area (Å²) in [4.78, 5) is 48.5. The van der Waals surface area contributed by atoms with Crippen LogP contribution in [0.15, 0.2) is 53.5 Å². The Morgan fingerprint density at radius 3 is 2.62 bits per heavy atom. The number of amides is 4. The van der Waals surface area contributed by atoms with Gasteiger partial charge in [-0.1, -0.05) is 18.2 Å². The predicted octanol–water partition coefficient (Wildman–Crippen LogP) is 3.08. The number of carbonyl (C=O) groups excluding carboxylic acids is 3. The van der Waals surface area contributed by atoms with Gasteiger partial charge < -0.3 is 9.47 Å². The molecule has 2 aromatic carbocycles. The summed E-state index contributed by atoms with van der Waals surface area (Å²) in [7, 11) is 2.88. The Labute approximate surface area is 182 Å². The summed E-state index contributed by atoms with van der Waals surface area (Å²) < 4.78 is 10.8. The first-order valence-corrected chi connectivity index (χ1v) is 9.88. The minimum atomic E-state index is -0.558. The molecule has 0 unspecified atom stereocenters. The van der Waals surface area contributed by atoms with E-state index in [2.05, 4.69) is 9.98 Å². The molecule has 0 bridgehead atoms. The molecule has 1 fully saturated rings. The van der Waals surface area contributed by atoms with Crippen molar-refractivity contribution in [3.8, 4) is 22.8 Å². The molecule has 4 amide bonds. The lowest BCUT2D eigenvalue weighted by molar-refractivity contribution is -0.127. The quantitative estimate of drug-likeness (QED) is 0.619. The highest BCUT2D eigenvalue weighted by molar-refractivity contribution is 6.20. The van der Waals surface area contributed by atoms with Crippen LogP contribution in [0, 0.1) is 0 Å². The topological polar surface area (TPSA) is 101 Å². The van der Waals surface area contributed by atoms with E-state index in [9.17, 15) is 14.4 Å². The first-order valence-electron chi connectivity index (χ1n) is 9.88. The lowest BCUT2D eigenvalue weighted by Crippen LogP contribution is -2.51. The molecule has 0 saturated carbocycles. The van der Waals surface area contributed by atoms with Crippen LogP contribution in [-0.4, -0.2) is 59.4 Å². The fourth-order valence-corrected chi connectivity index (χ4v) is 3.66. The van der Waals surface area contributed by atoms with Crippen LogP contribution in [0.2, 0.25) is 0 Å². The molecule has 3 heterocycles. The Kier molecular flexibility index (Phi) is 4.58. The van der Waals surface area contributed by atoms with Crippen molar-refractivity contribution in [3.05, 3.63) is 54.1 Å². The van der Waals surface area contributed by atoms with Gasteiger partial charge in [-0.05, 0) is 30.3 Å². The van der Waals surface area contributed by atoms with Crippen LogP contribution in [0.3, 0.4) is 0 Å². The first-order chi connectivity index (χ1) is 15.4. The minimum absolute atomic E-state index is 0.105. The lowest BCUT2D eigenvalue weighted by atomic mass is 10.0. The van der Waals surface area contributed by atoms with E-state index in [1.165, 1.54) is 19.0 Å². The van der Waals surface area contributed by atoms with E-state index in [1.54, 1.807) is 18.2 Å². The third-order valence-corrected chi connectivity index (χ3v) is 5.49. The Bertz CT molecular complexity index is 1330. The Hall–Kier alpha value is -4.27. The van der Waals surface area contributed by atoms with E-state index in [0.29, 0.717) is 33.7 Å². The summed E-state index contributed by atoms with van der Waals surface area (Å²) in [5, 5.41) is 0.625. The van der Waals surface area contributed by atoms with Gasteiger partial charge in [-0.3, -0.25) is 19.4 Å². The van der Waals surface area contributed by atoms with Crippen LogP contribution in [0.25, 0.3) is 22.2 Å². The summed E-state index contributed by atoms with van der Waals surface area (Å²) in [5.41, 5.74) is 2.26. The van der Waals surface area contributed by atoms with Crippen molar-refractivity contribution in [2.45, 2.75) is 6.42 Å². The summed E-state index contributed by atoms with van der Waals surface area (Å²) in [6.07, 6.45) is -0.136. The molecule has 5 rings (SSSR count). The number of para-hydroxylation sites is 1. The molecule has 1 aromatic heterocycles. The van der Waals surface area contributed by atoms with E-state index in [0.717, 1.165) is 10.5 Å². The van der Waals surface area contributed by atoms with Crippen LogP contribution in [-0.2, 0) is 4.79 Å². The van der Waals surface area contributed by atoms with Gasteiger partial charge in [0.1, 0.15) is 5.84 Å². The molecule has 1 saturated heterocycles. The van der Waals surface area contributed by atoms with Crippen molar-refractivity contribution in [1.29, 1.82) is 0 Å². The number of hydrogen-bond acceptors (Lipinski definition) is 6. The van der Waals surface area contributed by atoms with Gasteiger partial charge in [0.2, 0.25) is 12.7 Å². The number of urea groups is 1. The zero-order valence-corrected chi connectivity index (χ0v) is 17.4. The molecule has 0 atom stereocenters. The molecule has 9 heteroatoms. The Morgan fingerprint density at radius 1 is 1.00 bits per heavy atom. The zero-order valence-electron chi connectivity index (χ0n) is 17.4. The second-order valence-corrected chi connectivity index (χ2v) is 7.44. The molecule has 160 valence electrons. The number of amidine groups is 1. The van der Waals surface area contributed by atoms with E-state index < -0.39 is 17.8 Å². The van der Waals surface area contributed by atoms with Gasteiger partial charge in [0, 0.05) is 25.0 Å². The lowest BCUT2D eigenvalue weighted by Gasteiger charge is -2.29. The summed E-state index contributed by atoms with van der Waals surface area (Å²) in [5.74, 6) is 0.388. The van der Waals surface area contributed by atoms with Crippen LogP contribution in [0.4, 0.5) is 4.79 Å². The highest BCUT2D eigenvalue weighted by Gasteiger charge is 2.32. The summed E-state index contributed by atoms with van der Waals surface area (Å²) >= 11 is 0. The van der Waals surface area contributed by atoms with E-state index in [4.69, 9.17) is 9.47 Å². The molecule has 32 heavy (non-hydrogen) atoms. The molecule has 3 aromatic rings. The predicted molar refractivity (Wildman–Crippen MR) is 116 cm³/mol. The van der Waals surface area contributed by atoms with Crippen molar-refractivity contribution in [3.63, 3.8) is 0 Å². The summed E-state index contributed by atoms with van der Waals surface area (Å²) in [6, 6.07) is 13.8. The van der Waals surface area contributed by atoms with Crippen LogP contribution >= 0.6 is 0 Å². The number of carbonyl (C=O) groups is 3. The third-order valence-electron chi connectivity index (χ3n) is 5.49. The van der Waals surface area contributed by atoms with Gasteiger partial charge in [0.05, 0.1) is 23.2 Å². The third kappa shape index (κ3) is 3.24. The second-order valence-electron chi connectivity index (χ2n) is 7.44. The smallest absolute Gasteiger partial charge is 0.331 e. The fraction of sp³-hybridized carbons (Fsp3) is 0.174. The number of fused-ring (bicyclic) bond motifs is 2. The average molecular weight is 430 g/mol. The van der Waals surface area contributed by atoms with Crippen molar-refractivity contribution >= 4 is 34.6 Å². The number of hydrogen-bond donors (Lipinski definition) is 0. The van der Waals surface area contributed by atoms with Gasteiger partial charge in [-0.2, -0.15) is 4.99 Å². The van der Waals surface area contributed by atoms with Gasteiger partial charge >= 0.3 is 6.03 Å². The van der Waals surface area contributed by atoms with Gasteiger partial charge in [0.25, 0.3) is 5.91 Å². The first kappa shape index (κ1) is 19.7. The molecule has 0 aliphatic carbocycles. The largest absolute Gasteiger partial charge is 0.454 e. The standard InChI is InChI=1S/C23H18N4O5/c1-26-20(11-21(28)27(2)23(26)30)25-22(29)15-10-17(24-16-6-4-3-5-14(15)16)13-7-8-18-19(9-13)32-12-31-18/h3-10H,11-12H2,1-2H3. The monoisotopic (exact) mass is 430 g/mol. The fourth-order valence-electron chi connectivity index (χ4n) is 3.66. The van der Waals surface area contributed by atoms with Crippen LogP contribution < -0.4 is 9.47 Å². The molecule has 9 nitrogen and oxygen atoms in total. The van der Waals surface area contributed by atoms with Gasteiger partial charge in [0.15, 0.2) is 11.5 Å². The SMILES string of the molecule is CN1C(=O)CC(=NC(=O)c2cc(-c3ccc4c(c3)OCO4)nc3ccccc23)N(C)C1=O. The van der Waals surface area contributed by atoms with E-state index in [-0.39, 0.29) is 19.0 Å². The number of imide groups is 1. The summed E-state index contributed by atoms with van der Waals surface area (Å²) in [6.45, 7) is 0.158. The minimum Gasteiger partial charge on any atom is -0.454 e.